The van der Waals surface area contributed by atoms with E-state index in [9.17, 15) is 0 Å². The van der Waals surface area contributed by atoms with E-state index < -0.39 is 0 Å². The van der Waals surface area contributed by atoms with E-state index in [0.717, 1.165) is 36.6 Å². The minimum absolute atomic E-state index is 0.358. The zero-order valence-corrected chi connectivity index (χ0v) is 12.8. The van der Waals surface area contributed by atoms with Crippen LogP contribution < -0.4 is 5.32 Å². The van der Waals surface area contributed by atoms with Gasteiger partial charge in [-0.1, -0.05) is 35.9 Å². The van der Waals surface area contributed by atoms with Crippen LogP contribution in [0.2, 0.25) is 5.02 Å². The van der Waals surface area contributed by atoms with Crippen LogP contribution in [-0.4, -0.2) is 28.1 Å². The van der Waals surface area contributed by atoms with Crippen molar-refractivity contribution in [2.24, 2.45) is 7.05 Å². The summed E-state index contributed by atoms with van der Waals surface area (Å²) >= 11 is 6.10. The molecule has 5 heteroatoms. The van der Waals surface area contributed by atoms with Crippen molar-refractivity contribution in [1.29, 1.82) is 0 Å². The number of halogens is 1. The van der Waals surface area contributed by atoms with Crippen molar-refractivity contribution in [3.8, 4) is 0 Å². The smallest absolute Gasteiger partial charge is 0.0833 e. The monoisotopic (exact) mass is 292 g/mol. The highest BCUT2D eigenvalue weighted by Gasteiger charge is 2.14. The molecule has 0 aliphatic heterocycles. The van der Waals surface area contributed by atoms with E-state index in [4.69, 9.17) is 11.6 Å². The summed E-state index contributed by atoms with van der Waals surface area (Å²) in [5.41, 5.74) is 2.25. The molecule has 1 N–H and O–H groups in total. The van der Waals surface area contributed by atoms with Crippen molar-refractivity contribution in [3.63, 3.8) is 0 Å². The first-order chi connectivity index (χ1) is 9.69. The molecule has 4 nitrogen and oxygen atoms in total. The lowest BCUT2D eigenvalue weighted by Gasteiger charge is -2.17. The minimum atomic E-state index is 0.358. The molecule has 0 radical (unpaired) electrons. The van der Waals surface area contributed by atoms with Crippen molar-refractivity contribution >= 4 is 11.6 Å². The van der Waals surface area contributed by atoms with E-state index in [2.05, 4.69) is 28.6 Å². The van der Waals surface area contributed by atoms with Crippen molar-refractivity contribution in [1.82, 2.24) is 20.3 Å². The summed E-state index contributed by atoms with van der Waals surface area (Å²) in [7, 11) is 1.89. The van der Waals surface area contributed by atoms with E-state index in [-0.39, 0.29) is 0 Å². The van der Waals surface area contributed by atoms with Crippen LogP contribution in [0.1, 0.15) is 30.5 Å². The molecule has 1 aromatic carbocycles. The maximum absolute atomic E-state index is 6.10. The van der Waals surface area contributed by atoms with Gasteiger partial charge in [0.1, 0.15) is 0 Å². The molecule has 0 saturated carbocycles. The van der Waals surface area contributed by atoms with Gasteiger partial charge in [0.15, 0.2) is 0 Å². The summed E-state index contributed by atoms with van der Waals surface area (Å²) in [6.07, 6.45) is 3.97. The van der Waals surface area contributed by atoms with E-state index in [1.54, 1.807) is 4.68 Å². The maximum Gasteiger partial charge on any atom is 0.0833 e. The van der Waals surface area contributed by atoms with E-state index in [0.29, 0.717) is 5.92 Å². The molecule has 1 aromatic heterocycles. The van der Waals surface area contributed by atoms with E-state index in [1.165, 1.54) is 5.56 Å². The molecule has 20 heavy (non-hydrogen) atoms. The SMILES string of the molecule is CCCNCC(Cc1cn(C)nn1)c1cccc(Cl)c1. The molecular formula is C15H21ClN4. The summed E-state index contributed by atoms with van der Waals surface area (Å²) in [6, 6.07) is 8.07. The molecule has 1 unspecified atom stereocenters. The fourth-order valence-corrected chi connectivity index (χ4v) is 2.46. The van der Waals surface area contributed by atoms with Crippen LogP contribution in [0.5, 0.6) is 0 Å². The molecule has 1 heterocycles. The molecule has 0 aliphatic rings. The first kappa shape index (κ1) is 15.0. The molecule has 0 amide bonds. The quantitative estimate of drug-likeness (QED) is 0.798. The van der Waals surface area contributed by atoms with Crippen LogP contribution in [0.3, 0.4) is 0 Å². The van der Waals surface area contributed by atoms with Gasteiger partial charge in [-0.2, -0.15) is 0 Å². The molecule has 0 saturated heterocycles. The summed E-state index contributed by atoms with van der Waals surface area (Å²) in [5.74, 6) is 0.358. The highest BCUT2D eigenvalue weighted by atomic mass is 35.5. The second-order valence-corrected chi connectivity index (χ2v) is 5.48. The highest BCUT2D eigenvalue weighted by molar-refractivity contribution is 6.30. The molecule has 2 aromatic rings. The molecular weight excluding hydrogens is 272 g/mol. The Balaban J connectivity index is 2.11. The fraction of sp³-hybridized carbons (Fsp3) is 0.467. The molecule has 2 rings (SSSR count). The Morgan fingerprint density at radius 2 is 2.25 bits per heavy atom. The Bertz CT molecular complexity index is 538. The molecule has 0 spiro atoms. The number of hydrogen-bond donors (Lipinski definition) is 1. The van der Waals surface area contributed by atoms with Gasteiger partial charge in [0.2, 0.25) is 0 Å². The Morgan fingerprint density at radius 1 is 1.40 bits per heavy atom. The minimum Gasteiger partial charge on any atom is -0.316 e. The maximum atomic E-state index is 6.10. The number of aryl methyl sites for hydroxylation is 1. The van der Waals surface area contributed by atoms with Gasteiger partial charge in [-0.15, -0.1) is 5.10 Å². The van der Waals surface area contributed by atoms with Gasteiger partial charge in [-0.3, -0.25) is 4.68 Å². The fourth-order valence-electron chi connectivity index (χ4n) is 2.26. The lowest BCUT2D eigenvalue weighted by Crippen LogP contribution is -2.23. The lowest BCUT2D eigenvalue weighted by atomic mass is 9.94. The van der Waals surface area contributed by atoms with E-state index in [1.807, 2.05) is 31.4 Å². The van der Waals surface area contributed by atoms with Crippen LogP contribution in [0.15, 0.2) is 30.5 Å². The molecule has 0 fully saturated rings. The third-order valence-corrected chi connectivity index (χ3v) is 3.48. The van der Waals surface area contributed by atoms with Gasteiger partial charge in [-0.25, -0.2) is 0 Å². The van der Waals surface area contributed by atoms with Crippen molar-refractivity contribution in [2.75, 3.05) is 13.1 Å². The number of aromatic nitrogens is 3. The number of benzene rings is 1. The topological polar surface area (TPSA) is 42.7 Å². The zero-order valence-electron chi connectivity index (χ0n) is 12.0. The van der Waals surface area contributed by atoms with Gasteiger partial charge in [-0.05, 0) is 30.7 Å². The Morgan fingerprint density at radius 3 is 2.90 bits per heavy atom. The first-order valence-corrected chi connectivity index (χ1v) is 7.38. The Labute approximate surface area is 125 Å². The van der Waals surface area contributed by atoms with Gasteiger partial charge in [0.05, 0.1) is 5.69 Å². The normalized spacial score (nSPS) is 12.6. The van der Waals surface area contributed by atoms with Gasteiger partial charge in [0.25, 0.3) is 0 Å². The predicted molar refractivity (Wildman–Crippen MR) is 82.1 cm³/mol. The summed E-state index contributed by atoms with van der Waals surface area (Å²) in [5, 5.41) is 12.4. The van der Waals surface area contributed by atoms with Gasteiger partial charge in [0, 0.05) is 37.2 Å². The van der Waals surface area contributed by atoms with Crippen molar-refractivity contribution in [3.05, 3.63) is 46.7 Å². The number of nitrogens with one attached hydrogen (secondary N) is 1. The number of rotatable bonds is 7. The second-order valence-electron chi connectivity index (χ2n) is 5.04. The zero-order chi connectivity index (χ0) is 14.4. The molecule has 1 atom stereocenters. The van der Waals surface area contributed by atoms with E-state index >= 15 is 0 Å². The van der Waals surface area contributed by atoms with Crippen LogP contribution in [0, 0.1) is 0 Å². The molecule has 0 aliphatic carbocycles. The second kappa shape index (κ2) is 7.41. The predicted octanol–water partition coefficient (Wildman–Crippen LogP) is 2.79. The van der Waals surface area contributed by atoms with Crippen LogP contribution in [0.4, 0.5) is 0 Å². The summed E-state index contributed by atoms with van der Waals surface area (Å²) in [4.78, 5) is 0. The molecule has 0 bridgehead atoms. The first-order valence-electron chi connectivity index (χ1n) is 7.00. The largest absolute Gasteiger partial charge is 0.316 e. The summed E-state index contributed by atoms with van der Waals surface area (Å²) in [6.45, 7) is 4.12. The highest BCUT2D eigenvalue weighted by Crippen LogP contribution is 2.22. The average molecular weight is 293 g/mol. The third kappa shape index (κ3) is 4.32. The van der Waals surface area contributed by atoms with Crippen LogP contribution in [-0.2, 0) is 13.5 Å². The Kier molecular flexibility index (Phi) is 5.56. The third-order valence-electron chi connectivity index (χ3n) is 3.24. The van der Waals surface area contributed by atoms with Crippen LogP contribution >= 0.6 is 11.6 Å². The summed E-state index contributed by atoms with van der Waals surface area (Å²) < 4.78 is 1.74. The van der Waals surface area contributed by atoms with Crippen molar-refractivity contribution < 1.29 is 0 Å². The standard InChI is InChI=1S/C15H21ClN4/c1-3-7-17-10-13(9-15-11-20(2)19-18-15)12-5-4-6-14(16)8-12/h4-6,8,11,13,17H,3,7,9-10H2,1-2H3. The van der Waals surface area contributed by atoms with Crippen LogP contribution in [0.25, 0.3) is 0 Å². The average Bonchev–Trinajstić information content (AvgIpc) is 2.83. The number of hydrogen-bond acceptors (Lipinski definition) is 3. The lowest BCUT2D eigenvalue weighted by molar-refractivity contribution is 0.571. The number of nitrogens with zero attached hydrogens (tertiary/aromatic N) is 3. The molecule has 108 valence electrons. The van der Waals surface area contributed by atoms with Crippen molar-refractivity contribution in [2.45, 2.75) is 25.7 Å². The Hall–Kier alpha value is -1.39. The van der Waals surface area contributed by atoms with Gasteiger partial charge >= 0.3 is 0 Å². The van der Waals surface area contributed by atoms with Gasteiger partial charge < -0.3 is 5.32 Å².